The molecule has 142 valence electrons. The van der Waals surface area contributed by atoms with Crippen LogP contribution in [0, 0.1) is 0 Å². The van der Waals surface area contributed by atoms with Crippen molar-refractivity contribution in [3.05, 3.63) is 0 Å². The Labute approximate surface area is 148 Å². The van der Waals surface area contributed by atoms with E-state index >= 15 is 0 Å². The average Bonchev–Trinajstić information content (AvgIpc) is 2.61. The summed E-state index contributed by atoms with van der Waals surface area (Å²) in [5.74, 6) is 0.916. The van der Waals surface area contributed by atoms with Gasteiger partial charge in [-0.1, -0.05) is 13.3 Å². The summed E-state index contributed by atoms with van der Waals surface area (Å²) in [6.45, 7) is 11.4. The summed E-state index contributed by atoms with van der Waals surface area (Å²) in [5, 5.41) is 6.78. The third kappa shape index (κ3) is 9.45. The van der Waals surface area contributed by atoms with Gasteiger partial charge in [-0.2, -0.15) is 0 Å². The van der Waals surface area contributed by atoms with Crippen LogP contribution in [-0.2, 0) is 9.47 Å². The molecular weight excluding hydrogens is 304 g/mol. The molecule has 1 heterocycles. The maximum atomic E-state index is 5.46. The van der Waals surface area contributed by atoms with Gasteiger partial charge in [0.25, 0.3) is 0 Å². The highest BCUT2D eigenvalue weighted by molar-refractivity contribution is 5.79. The van der Waals surface area contributed by atoms with Gasteiger partial charge >= 0.3 is 0 Å². The number of piperidine rings is 1. The smallest absolute Gasteiger partial charge is 0.191 e. The molecule has 1 aliphatic heterocycles. The lowest BCUT2D eigenvalue weighted by Gasteiger charge is -2.35. The molecule has 1 saturated heterocycles. The van der Waals surface area contributed by atoms with E-state index in [4.69, 9.17) is 9.47 Å². The van der Waals surface area contributed by atoms with E-state index in [0.717, 1.165) is 51.2 Å². The van der Waals surface area contributed by atoms with Gasteiger partial charge in [-0.3, -0.25) is 9.89 Å². The first-order valence-corrected chi connectivity index (χ1v) is 9.64. The van der Waals surface area contributed by atoms with Crippen molar-refractivity contribution >= 4 is 5.96 Å². The molecule has 0 saturated carbocycles. The molecule has 0 aliphatic carbocycles. The summed E-state index contributed by atoms with van der Waals surface area (Å²) in [5.41, 5.74) is 0. The predicted octanol–water partition coefficient (Wildman–Crippen LogP) is 1.86. The molecule has 6 heteroatoms. The van der Waals surface area contributed by atoms with Crippen LogP contribution in [-0.4, -0.2) is 76.6 Å². The van der Waals surface area contributed by atoms with Crippen molar-refractivity contribution in [1.82, 2.24) is 15.5 Å². The normalized spacial score (nSPS) is 19.5. The standard InChI is InChI=1S/C18H38N4O2/c1-4-17-9-6-7-12-22(17)13-11-21-18(19-5-2)20-10-8-14-24-16-15-23-3/h17H,4-16H2,1-3H3,(H2,19,20,21). The third-order valence-electron chi connectivity index (χ3n) is 4.40. The topological polar surface area (TPSA) is 58.1 Å². The van der Waals surface area contributed by atoms with Gasteiger partial charge in [-0.25, -0.2) is 0 Å². The van der Waals surface area contributed by atoms with E-state index in [1.165, 1.54) is 32.2 Å². The third-order valence-corrected chi connectivity index (χ3v) is 4.40. The summed E-state index contributed by atoms with van der Waals surface area (Å²) in [4.78, 5) is 7.25. The van der Waals surface area contributed by atoms with Crippen molar-refractivity contribution in [2.75, 3.05) is 59.7 Å². The highest BCUT2D eigenvalue weighted by Crippen LogP contribution is 2.18. The molecule has 2 N–H and O–H groups in total. The molecule has 0 amide bonds. The molecule has 0 spiro atoms. The van der Waals surface area contributed by atoms with E-state index in [1.54, 1.807) is 7.11 Å². The zero-order chi connectivity index (χ0) is 17.5. The van der Waals surface area contributed by atoms with Crippen LogP contribution in [0.4, 0.5) is 0 Å². The second-order valence-corrected chi connectivity index (χ2v) is 6.24. The van der Waals surface area contributed by atoms with Crippen molar-refractivity contribution in [2.45, 2.75) is 52.0 Å². The maximum absolute atomic E-state index is 5.46. The van der Waals surface area contributed by atoms with E-state index in [2.05, 4.69) is 34.4 Å². The molecule has 0 bridgehead atoms. The fraction of sp³-hybridized carbons (Fsp3) is 0.944. The first-order chi connectivity index (χ1) is 11.8. The van der Waals surface area contributed by atoms with Crippen molar-refractivity contribution in [3.63, 3.8) is 0 Å². The van der Waals surface area contributed by atoms with Crippen molar-refractivity contribution in [1.29, 1.82) is 0 Å². The Kier molecular flexibility index (Phi) is 12.8. The lowest BCUT2D eigenvalue weighted by Crippen LogP contribution is -2.46. The highest BCUT2D eigenvalue weighted by atomic mass is 16.5. The second kappa shape index (κ2) is 14.5. The lowest BCUT2D eigenvalue weighted by molar-refractivity contribution is 0.0702. The summed E-state index contributed by atoms with van der Waals surface area (Å²) < 4.78 is 10.4. The summed E-state index contributed by atoms with van der Waals surface area (Å²) in [7, 11) is 1.69. The number of ether oxygens (including phenoxy) is 2. The Morgan fingerprint density at radius 3 is 2.79 bits per heavy atom. The minimum atomic E-state index is 0.655. The van der Waals surface area contributed by atoms with E-state index in [-0.39, 0.29) is 0 Å². The fourth-order valence-corrected chi connectivity index (χ4v) is 3.08. The molecule has 0 aromatic carbocycles. The van der Waals surface area contributed by atoms with Gasteiger partial charge in [-0.05, 0) is 39.2 Å². The molecule has 24 heavy (non-hydrogen) atoms. The Morgan fingerprint density at radius 2 is 2.04 bits per heavy atom. The maximum Gasteiger partial charge on any atom is 0.191 e. The van der Waals surface area contributed by atoms with Crippen molar-refractivity contribution < 1.29 is 9.47 Å². The summed E-state index contributed by atoms with van der Waals surface area (Å²) in [6.07, 6.45) is 6.28. The Balaban J connectivity index is 2.20. The van der Waals surface area contributed by atoms with Crippen LogP contribution >= 0.6 is 0 Å². The van der Waals surface area contributed by atoms with E-state index in [0.29, 0.717) is 13.2 Å². The van der Waals surface area contributed by atoms with E-state index in [9.17, 15) is 0 Å². The number of nitrogens with one attached hydrogen (secondary N) is 2. The van der Waals surface area contributed by atoms with Crippen LogP contribution in [0.1, 0.15) is 46.0 Å². The Bertz CT molecular complexity index is 326. The quantitative estimate of drug-likeness (QED) is 0.322. The molecule has 1 fully saturated rings. The average molecular weight is 343 g/mol. The molecular formula is C18H38N4O2. The van der Waals surface area contributed by atoms with Gasteiger partial charge in [0.15, 0.2) is 5.96 Å². The molecule has 0 aromatic heterocycles. The van der Waals surface area contributed by atoms with Crippen LogP contribution < -0.4 is 10.6 Å². The van der Waals surface area contributed by atoms with Crippen LogP contribution in [0.3, 0.4) is 0 Å². The molecule has 1 rings (SSSR count). The van der Waals surface area contributed by atoms with Gasteiger partial charge in [0.1, 0.15) is 0 Å². The number of aliphatic imine (C=N–C) groups is 1. The number of nitrogens with zero attached hydrogens (tertiary/aromatic N) is 2. The van der Waals surface area contributed by atoms with E-state index < -0.39 is 0 Å². The van der Waals surface area contributed by atoms with Crippen molar-refractivity contribution in [2.24, 2.45) is 4.99 Å². The fourth-order valence-electron chi connectivity index (χ4n) is 3.08. The number of guanidine groups is 1. The van der Waals surface area contributed by atoms with Crippen molar-refractivity contribution in [3.8, 4) is 0 Å². The van der Waals surface area contributed by atoms with Gasteiger partial charge < -0.3 is 20.1 Å². The zero-order valence-corrected chi connectivity index (χ0v) is 16.0. The Morgan fingerprint density at radius 1 is 1.17 bits per heavy atom. The Hall–Kier alpha value is -0.850. The van der Waals surface area contributed by atoms with Gasteiger partial charge in [0.05, 0.1) is 13.2 Å². The summed E-state index contributed by atoms with van der Waals surface area (Å²) >= 11 is 0. The highest BCUT2D eigenvalue weighted by Gasteiger charge is 2.19. The monoisotopic (exact) mass is 342 g/mol. The van der Waals surface area contributed by atoms with Crippen LogP contribution in [0.2, 0.25) is 0 Å². The number of methoxy groups -OCH3 is 1. The predicted molar refractivity (Wildman–Crippen MR) is 101 cm³/mol. The van der Waals surface area contributed by atoms with Crippen LogP contribution in [0.5, 0.6) is 0 Å². The number of hydrogen-bond acceptors (Lipinski definition) is 4. The first kappa shape index (κ1) is 21.2. The molecule has 1 atom stereocenters. The van der Waals surface area contributed by atoms with Gasteiger partial charge in [0.2, 0.25) is 0 Å². The van der Waals surface area contributed by atoms with Gasteiger partial charge in [-0.15, -0.1) is 0 Å². The minimum Gasteiger partial charge on any atom is -0.382 e. The van der Waals surface area contributed by atoms with E-state index in [1.807, 2.05) is 0 Å². The van der Waals surface area contributed by atoms with Gasteiger partial charge in [0, 0.05) is 45.9 Å². The minimum absolute atomic E-state index is 0.655. The second-order valence-electron chi connectivity index (χ2n) is 6.24. The van der Waals surface area contributed by atoms with Crippen LogP contribution in [0.25, 0.3) is 0 Å². The molecule has 6 nitrogen and oxygen atoms in total. The lowest BCUT2D eigenvalue weighted by atomic mass is 10.0. The largest absolute Gasteiger partial charge is 0.382 e. The molecule has 1 aliphatic rings. The number of likely N-dealkylation sites (tertiary alicyclic amines) is 1. The molecule has 1 unspecified atom stereocenters. The molecule has 0 radical (unpaired) electrons. The van der Waals surface area contributed by atoms with Crippen LogP contribution in [0.15, 0.2) is 4.99 Å². The number of rotatable bonds is 12. The summed E-state index contributed by atoms with van der Waals surface area (Å²) in [6, 6.07) is 0.768. The molecule has 0 aromatic rings. The SMILES string of the molecule is CCNC(=NCCCOCCOC)NCCN1CCCCC1CC. The zero-order valence-electron chi connectivity index (χ0n) is 16.0. The number of hydrogen-bond donors (Lipinski definition) is 2. The first-order valence-electron chi connectivity index (χ1n) is 9.64.